The van der Waals surface area contributed by atoms with Crippen LogP contribution in [0.2, 0.25) is 10.4 Å². The van der Waals surface area contributed by atoms with Gasteiger partial charge in [-0.3, -0.25) is 0 Å². The van der Waals surface area contributed by atoms with E-state index in [9.17, 15) is 4.79 Å². The Hall–Kier alpha value is -2.18. The van der Waals surface area contributed by atoms with Crippen molar-refractivity contribution in [1.29, 1.82) is 0 Å². The number of esters is 1. The van der Waals surface area contributed by atoms with Crippen LogP contribution in [0.15, 0.2) is 30.6 Å². The van der Waals surface area contributed by atoms with E-state index < -0.39 is 0 Å². The minimum Gasteiger partial charge on any atom is -0.465 e. The normalized spacial score (nSPS) is 10.9. The third-order valence-corrected chi connectivity index (χ3v) is 3.56. The predicted octanol–water partition coefficient (Wildman–Crippen LogP) is 2.97. The van der Waals surface area contributed by atoms with Crippen LogP contribution < -0.4 is 0 Å². The molecule has 0 spiro atoms. The molecule has 0 bridgehead atoms. The van der Waals surface area contributed by atoms with Gasteiger partial charge in [-0.05, 0) is 29.3 Å². The van der Waals surface area contributed by atoms with Gasteiger partial charge in [0.2, 0.25) is 5.28 Å². The molecule has 1 aromatic carbocycles. The van der Waals surface area contributed by atoms with E-state index in [1.165, 1.54) is 7.11 Å². The lowest BCUT2D eigenvalue weighted by Gasteiger charge is -2.06. The second kappa shape index (κ2) is 5.90. The van der Waals surface area contributed by atoms with E-state index in [0.29, 0.717) is 23.3 Å². The Kier molecular flexibility index (Phi) is 3.96. The van der Waals surface area contributed by atoms with Gasteiger partial charge < -0.3 is 9.30 Å². The Morgan fingerprint density at radius 3 is 2.64 bits per heavy atom. The van der Waals surface area contributed by atoms with Crippen molar-refractivity contribution in [2.24, 2.45) is 0 Å². The molecule has 112 valence electrons. The van der Waals surface area contributed by atoms with Crippen LogP contribution >= 0.6 is 23.2 Å². The Balaban J connectivity index is 1.92. The first-order valence-electron chi connectivity index (χ1n) is 6.29. The summed E-state index contributed by atoms with van der Waals surface area (Å²) in [6.07, 6.45) is 1.62. The van der Waals surface area contributed by atoms with Crippen molar-refractivity contribution in [1.82, 2.24) is 19.5 Å². The zero-order valence-electron chi connectivity index (χ0n) is 11.5. The van der Waals surface area contributed by atoms with Gasteiger partial charge in [-0.15, -0.1) is 0 Å². The summed E-state index contributed by atoms with van der Waals surface area (Å²) in [5, 5.41) is 0.309. The Morgan fingerprint density at radius 1 is 1.23 bits per heavy atom. The Bertz CT molecular complexity index is 846. The van der Waals surface area contributed by atoms with Gasteiger partial charge in [-0.1, -0.05) is 23.7 Å². The smallest absolute Gasteiger partial charge is 0.337 e. The molecule has 0 aliphatic heterocycles. The number of hydrogen-bond donors (Lipinski definition) is 0. The van der Waals surface area contributed by atoms with Gasteiger partial charge >= 0.3 is 5.97 Å². The Labute approximate surface area is 135 Å². The zero-order valence-corrected chi connectivity index (χ0v) is 13.0. The number of ether oxygens (including phenoxy) is 1. The van der Waals surface area contributed by atoms with Crippen LogP contribution in [-0.4, -0.2) is 32.6 Å². The molecule has 2 heterocycles. The fourth-order valence-corrected chi connectivity index (χ4v) is 2.57. The second-order valence-corrected chi connectivity index (χ2v) is 5.21. The van der Waals surface area contributed by atoms with Gasteiger partial charge in [0, 0.05) is 6.54 Å². The lowest BCUT2D eigenvalue weighted by atomic mass is 10.1. The zero-order chi connectivity index (χ0) is 15.7. The topological polar surface area (TPSA) is 69.9 Å². The van der Waals surface area contributed by atoms with Crippen molar-refractivity contribution in [2.45, 2.75) is 6.54 Å². The van der Waals surface area contributed by atoms with E-state index >= 15 is 0 Å². The molecule has 0 amide bonds. The largest absolute Gasteiger partial charge is 0.465 e. The third-order valence-electron chi connectivity index (χ3n) is 3.13. The lowest BCUT2D eigenvalue weighted by molar-refractivity contribution is 0.0600. The number of hydrogen-bond acceptors (Lipinski definition) is 5. The molecule has 6 nitrogen and oxygen atoms in total. The van der Waals surface area contributed by atoms with E-state index in [0.717, 1.165) is 5.56 Å². The summed E-state index contributed by atoms with van der Waals surface area (Å²) in [6, 6.07) is 7.08. The van der Waals surface area contributed by atoms with Crippen LogP contribution in [-0.2, 0) is 11.3 Å². The van der Waals surface area contributed by atoms with Crippen LogP contribution in [0.4, 0.5) is 0 Å². The van der Waals surface area contributed by atoms with E-state index in [1.54, 1.807) is 18.5 Å². The van der Waals surface area contributed by atoms with Gasteiger partial charge in [0.15, 0.2) is 10.8 Å². The maximum Gasteiger partial charge on any atom is 0.337 e. The molecule has 0 N–H and O–H groups in total. The lowest BCUT2D eigenvalue weighted by Crippen LogP contribution is -2.03. The molecule has 2 aromatic heterocycles. The first-order valence-corrected chi connectivity index (χ1v) is 7.05. The molecular weight excluding hydrogens is 327 g/mol. The number of fused-ring (bicyclic) bond motifs is 1. The summed E-state index contributed by atoms with van der Waals surface area (Å²) in [5.74, 6) is -0.370. The summed E-state index contributed by atoms with van der Waals surface area (Å²) in [7, 11) is 1.35. The number of benzene rings is 1. The van der Waals surface area contributed by atoms with Crippen molar-refractivity contribution in [2.75, 3.05) is 7.11 Å². The molecule has 0 aliphatic rings. The standard InChI is InChI=1S/C14H10Cl2N4O2/c1-22-13(21)9-4-2-8(3-5-9)6-20-7-17-12-10(20)11(15)18-14(16)19-12/h2-5,7H,6H2,1H3. The molecule has 3 rings (SSSR count). The number of nitrogens with zero attached hydrogens (tertiary/aromatic N) is 4. The molecule has 0 atom stereocenters. The number of carbonyl (C=O) groups excluding carboxylic acids is 1. The van der Waals surface area contributed by atoms with E-state index in [-0.39, 0.29) is 16.4 Å². The minimum atomic E-state index is -0.370. The molecule has 8 heteroatoms. The van der Waals surface area contributed by atoms with Crippen LogP contribution in [0, 0.1) is 0 Å². The molecule has 22 heavy (non-hydrogen) atoms. The van der Waals surface area contributed by atoms with Crippen molar-refractivity contribution in [3.63, 3.8) is 0 Å². The number of rotatable bonds is 3. The highest BCUT2D eigenvalue weighted by Crippen LogP contribution is 2.22. The minimum absolute atomic E-state index is 0.0604. The molecule has 0 saturated carbocycles. The molecule has 0 aliphatic carbocycles. The van der Waals surface area contributed by atoms with Crippen LogP contribution in [0.25, 0.3) is 11.2 Å². The fourth-order valence-electron chi connectivity index (χ4n) is 2.09. The van der Waals surface area contributed by atoms with Crippen LogP contribution in [0.3, 0.4) is 0 Å². The average molecular weight is 337 g/mol. The number of methoxy groups -OCH3 is 1. The molecule has 0 radical (unpaired) electrons. The molecule has 0 fully saturated rings. The molecular formula is C14H10Cl2N4O2. The number of carbonyl (C=O) groups is 1. The maximum absolute atomic E-state index is 11.4. The highest BCUT2D eigenvalue weighted by molar-refractivity contribution is 6.35. The van der Waals surface area contributed by atoms with Crippen LogP contribution in [0.1, 0.15) is 15.9 Å². The fraction of sp³-hybridized carbons (Fsp3) is 0.143. The quantitative estimate of drug-likeness (QED) is 0.417. The monoisotopic (exact) mass is 336 g/mol. The summed E-state index contributed by atoms with van der Waals surface area (Å²) < 4.78 is 6.49. The first kappa shape index (κ1) is 14.7. The SMILES string of the molecule is COC(=O)c1ccc(Cn2cnc3nc(Cl)nc(Cl)c32)cc1. The summed E-state index contributed by atoms with van der Waals surface area (Å²) in [6.45, 7) is 0.517. The van der Waals surface area contributed by atoms with Gasteiger partial charge in [0.25, 0.3) is 0 Å². The number of halogens is 2. The van der Waals surface area contributed by atoms with Crippen molar-refractivity contribution in [3.8, 4) is 0 Å². The van der Waals surface area contributed by atoms with Crippen LogP contribution in [0.5, 0.6) is 0 Å². The third kappa shape index (κ3) is 2.75. The van der Waals surface area contributed by atoms with E-state index in [2.05, 4.69) is 19.7 Å². The molecule has 0 saturated heterocycles. The van der Waals surface area contributed by atoms with Crippen molar-refractivity contribution < 1.29 is 9.53 Å². The summed E-state index contributed by atoms with van der Waals surface area (Å²) >= 11 is 11.9. The summed E-state index contributed by atoms with van der Waals surface area (Å²) in [4.78, 5) is 23.5. The summed E-state index contributed by atoms with van der Waals surface area (Å²) in [5.41, 5.74) is 2.52. The van der Waals surface area contributed by atoms with Gasteiger partial charge in [-0.25, -0.2) is 14.8 Å². The Morgan fingerprint density at radius 2 is 1.95 bits per heavy atom. The average Bonchev–Trinajstić information content (AvgIpc) is 2.90. The second-order valence-electron chi connectivity index (χ2n) is 4.52. The predicted molar refractivity (Wildman–Crippen MR) is 82.2 cm³/mol. The first-order chi connectivity index (χ1) is 10.6. The molecule has 0 unspecified atom stereocenters. The highest BCUT2D eigenvalue weighted by Gasteiger charge is 2.12. The van der Waals surface area contributed by atoms with Gasteiger partial charge in [-0.2, -0.15) is 4.98 Å². The molecule has 3 aromatic rings. The van der Waals surface area contributed by atoms with Gasteiger partial charge in [0.05, 0.1) is 19.0 Å². The highest BCUT2D eigenvalue weighted by atomic mass is 35.5. The van der Waals surface area contributed by atoms with Crippen molar-refractivity contribution in [3.05, 3.63) is 52.2 Å². The number of imidazole rings is 1. The van der Waals surface area contributed by atoms with Crippen molar-refractivity contribution >= 4 is 40.3 Å². The maximum atomic E-state index is 11.4. The number of aromatic nitrogens is 4. The van der Waals surface area contributed by atoms with E-state index in [4.69, 9.17) is 23.2 Å². The van der Waals surface area contributed by atoms with Gasteiger partial charge in [0.1, 0.15) is 5.52 Å². The van der Waals surface area contributed by atoms with E-state index in [1.807, 2.05) is 16.7 Å².